The van der Waals surface area contributed by atoms with Gasteiger partial charge in [-0.25, -0.2) is 4.79 Å². The third-order valence-corrected chi connectivity index (χ3v) is 9.25. The molecule has 2 fully saturated rings. The molecule has 0 saturated carbocycles. The third kappa shape index (κ3) is 4.92. The van der Waals surface area contributed by atoms with Gasteiger partial charge in [0.1, 0.15) is 18.0 Å². The topological polar surface area (TPSA) is 119 Å². The minimum Gasteiger partial charge on any atom is -0.465 e. The molecule has 11 heteroatoms. The number of piperazine rings is 1. The lowest BCUT2D eigenvalue weighted by Gasteiger charge is -2.39. The lowest BCUT2D eigenvalue weighted by molar-refractivity contribution is 0.119. The number of nitriles is 1. The Morgan fingerprint density at radius 2 is 1.95 bits per heavy atom. The number of likely N-dealkylation sites (N-methyl/N-ethyl adjacent to an activating group) is 1. The molecular formula is C33H31ClN6O4. The maximum absolute atomic E-state index is 11.9. The monoisotopic (exact) mass is 610 g/mol. The Morgan fingerprint density at radius 3 is 2.73 bits per heavy atom. The van der Waals surface area contributed by atoms with Gasteiger partial charge in [-0.3, -0.25) is 0 Å². The zero-order valence-corrected chi connectivity index (χ0v) is 25.0. The Morgan fingerprint density at radius 1 is 1.11 bits per heavy atom. The number of aromatic nitrogens is 2. The standard InChI is InChI=1S/C33H31ClN6O4/c1-38-13-4-7-22(38)19-44-32-36-27-17-25(23-8-2-5-20-6-3-9-26(34)28(20)23)24-11-16-43-30(24)29(27)31(37-32)39-14-15-40(33(41)42)21(18-39)10-12-35/h2-3,5-6,8-9,11,16-17,21-22H,4,7,10,13-15,18-19H2,1H3,(H,41,42). The first-order valence-electron chi connectivity index (χ1n) is 14.8. The van der Waals surface area contributed by atoms with Crippen LogP contribution in [0, 0.1) is 11.3 Å². The average Bonchev–Trinajstić information content (AvgIpc) is 3.68. The van der Waals surface area contributed by atoms with Gasteiger partial charge in [0.2, 0.25) is 0 Å². The zero-order valence-electron chi connectivity index (χ0n) is 24.2. The van der Waals surface area contributed by atoms with Crippen LogP contribution in [0.15, 0.2) is 59.2 Å². The highest BCUT2D eigenvalue weighted by atomic mass is 35.5. The fourth-order valence-corrected chi connectivity index (χ4v) is 6.96. The van der Waals surface area contributed by atoms with Crippen LogP contribution in [0.5, 0.6) is 6.01 Å². The summed E-state index contributed by atoms with van der Waals surface area (Å²) in [5.74, 6) is 0.597. The third-order valence-electron chi connectivity index (χ3n) is 8.94. The molecule has 2 unspecified atom stereocenters. The number of rotatable bonds is 6. The number of halogens is 1. The highest BCUT2D eigenvalue weighted by Gasteiger charge is 2.33. The van der Waals surface area contributed by atoms with Gasteiger partial charge in [0, 0.05) is 41.5 Å². The maximum Gasteiger partial charge on any atom is 0.407 e. The van der Waals surface area contributed by atoms with E-state index in [0.717, 1.165) is 46.7 Å². The highest BCUT2D eigenvalue weighted by molar-refractivity contribution is 6.37. The van der Waals surface area contributed by atoms with Gasteiger partial charge in [-0.05, 0) is 61.1 Å². The molecule has 2 aliphatic heterocycles. The molecule has 0 aliphatic carbocycles. The fraction of sp³-hybridized carbons (Fsp3) is 0.333. The molecule has 44 heavy (non-hydrogen) atoms. The van der Waals surface area contributed by atoms with Crippen LogP contribution in [-0.4, -0.2) is 82.9 Å². The summed E-state index contributed by atoms with van der Waals surface area (Å²) in [4.78, 5) is 27.4. The number of hydrogen-bond acceptors (Lipinski definition) is 8. The number of ether oxygens (including phenoxy) is 1. The van der Waals surface area contributed by atoms with E-state index in [2.05, 4.69) is 24.1 Å². The Kier molecular flexibility index (Phi) is 7.36. The van der Waals surface area contributed by atoms with Crippen LogP contribution in [0.3, 0.4) is 0 Å². The van der Waals surface area contributed by atoms with E-state index < -0.39 is 12.1 Å². The molecule has 5 aromatic rings. The quantitative estimate of drug-likeness (QED) is 0.233. The Bertz CT molecular complexity index is 1930. The smallest absolute Gasteiger partial charge is 0.407 e. The number of likely N-dealkylation sites (tertiary alicyclic amines) is 1. The van der Waals surface area contributed by atoms with Crippen molar-refractivity contribution in [2.75, 3.05) is 44.7 Å². The largest absolute Gasteiger partial charge is 0.465 e. The minimum atomic E-state index is -1.03. The van der Waals surface area contributed by atoms with Crippen molar-refractivity contribution in [2.45, 2.75) is 31.3 Å². The fourth-order valence-electron chi connectivity index (χ4n) is 6.67. The van der Waals surface area contributed by atoms with Gasteiger partial charge >= 0.3 is 12.1 Å². The van der Waals surface area contributed by atoms with E-state index in [1.54, 1.807) is 6.26 Å². The van der Waals surface area contributed by atoms with E-state index in [4.69, 9.17) is 30.7 Å². The Balaban J connectivity index is 1.41. The van der Waals surface area contributed by atoms with E-state index in [-0.39, 0.29) is 25.0 Å². The van der Waals surface area contributed by atoms with E-state index in [1.165, 1.54) is 4.90 Å². The van der Waals surface area contributed by atoms with E-state index in [1.807, 2.05) is 47.4 Å². The molecule has 2 atom stereocenters. The van der Waals surface area contributed by atoms with Crippen molar-refractivity contribution in [3.05, 3.63) is 59.8 Å². The molecule has 0 bridgehead atoms. The predicted molar refractivity (Wildman–Crippen MR) is 169 cm³/mol. The minimum absolute atomic E-state index is 0.0747. The lowest BCUT2D eigenvalue weighted by Crippen LogP contribution is -2.55. The summed E-state index contributed by atoms with van der Waals surface area (Å²) in [6.45, 7) is 2.43. The SMILES string of the molecule is CN1CCCC1COc1nc(N2CCN(C(=O)O)C(CC#N)C2)c2c(cc(-c3cccc4cccc(Cl)c34)c3ccoc32)n1. The van der Waals surface area contributed by atoms with Crippen LogP contribution < -0.4 is 9.64 Å². The summed E-state index contributed by atoms with van der Waals surface area (Å²) in [5.41, 5.74) is 3.14. The van der Waals surface area contributed by atoms with E-state index in [0.29, 0.717) is 47.0 Å². The van der Waals surface area contributed by atoms with Crippen molar-refractivity contribution < 1.29 is 19.1 Å². The number of carbonyl (C=O) groups is 1. The van der Waals surface area contributed by atoms with Crippen molar-refractivity contribution in [3.8, 4) is 23.2 Å². The van der Waals surface area contributed by atoms with Crippen LogP contribution in [0.2, 0.25) is 5.02 Å². The highest BCUT2D eigenvalue weighted by Crippen LogP contribution is 2.43. The molecule has 3 aromatic carbocycles. The second kappa shape index (κ2) is 11.5. The van der Waals surface area contributed by atoms with Crippen molar-refractivity contribution in [1.82, 2.24) is 19.8 Å². The van der Waals surface area contributed by atoms with Gasteiger partial charge < -0.3 is 29.0 Å². The van der Waals surface area contributed by atoms with Gasteiger partial charge in [-0.15, -0.1) is 0 Å². The number of anilines is 1. The summed E-state index contributed by atoms with van der Waals surface area (Å²) in [6, 6.07) is 18.1. The van der Waals surface area contributed by atoms with Gasteiger partial charge in [0.05, 0.1) is 35.7 Å². The molecule has 7 rings (SSSR count). The first kappa shape index (κ1) is 28.2. The average molecular weight is 611 g/mol. The van der Waals surface area contributed by atoms with Crippen molar-refractivity contribution in [1.29, 1.82) is 5.26 Å². The Labute approximate surface area is 259 Å². The molecule has 2 saturated heterocycles. The summed E-state index contributed by atoms with van der Waals surface area (Å²) in [5, 5.41) is 23.5. The van der Waals surface area contributed by atoms with Crippen molar-refractivity contribution in [2.24, 2.45) is 0 Å². The van der Waals surface area contributed by atoms with E-state index in [9.17, 15) is 15.2 Å². The van der Waals surface area contributed by atoms with Gasteiger partial charge in [0.25, 0.3) is 0 Å². The number of hydrogen-bond donors (Lipinski definition) is 1. The number of carboxylic acid groups (broad SMARTS) is 1. The van der Waals surface area contributed by atoms with Crippen molar-refractivity contribution >= 4 is 56.2 Å². The lowest BCUT2D eigenvalue weighted by atomic mass is 9.94. The molecular weight excluding hydrogens is 580 g/mol. The van der Waals surface area contributed by atoms with Crippen LogP contribution in [0.25, 0.3) is 43.8 Å². The summed E-state index contributed by atoms with van der Waals surface area (Å²) in [7, 11) is 2.10. The summed E-state index contributed by atoms with van der Waals surface area (Å²) >= 11 is 6.75. The Hall–Kier alpha value is -4.59. The normalized spacial score (nSPS) is 19.2. The summed E-state index contributed by atoms with van der Waals surface area (Å²) in [6.07, 6.45) is 2.86. The zero-order chi connectivity index (χ0) is 30.4. The first-order chi connectivity index (χ1) is 21.4. The number of furan rings is 1. The van der Waals surface area contributed by atoms with Gasteiger partial charge in [-0.2, -0.15) is 15.2 Å². The van der Waals surface area contributed by atoms with Gasteiger partial charge in [-0.1, -0.05) is 41.9 Å². The van der Waals surface area contributed by atoms with Crippen LogP contribution >= 0.6 is 11.6 Å². The second-order valence-electron chi connectivity index (χ2n) is 11.5. The molecule has 0 radical (unpaired) electrons. The molecule has 1 N–H and O–H groups in total. The van der Waals surface area contributed by atoms with E-state index >= 15 is 0 Å². The van der Waals surface area contributed by atoms with Crippen LogP contribution in [-0.2, 0) is 0 Å². The van der Waals surface area contributed by atoms with Crippen LogP contribution in [0.4, 0.5) is 10.6 Å². The molecule has 2 aliphatic rings. The maximum atomic E-state index is 11.9. The van der Waals surface area contributed by atoms with Crippen LogP contribution in [0.1, 0.15) is 19.3 Å². The van der Waals surface area contributed by atoms with Gasteiger partial charge in [0.15, 0.2) is 0 Å². The number of fused-ring (bicyclic) bond motifs is 4. The number of benzene rings is 3. The molecule has 10 nitrogen and oxygen atoms in total. The second-order valence-corrected chi connectivity index (χ2v) is 11.9. The predicted octanol–water partition coefficient (Wildman–Crippen LogP) is 6.40. The number of nitrogens with zero attached hydrogens (tertiary/aromatic N) is 6. The molecule has 1 amide bonds. The number of amides is 1. The molecule has 4 heterocycles. The molecule has 224 valence electrons. The summed E-state index contributed by atoms with van der Waals surface area (Å²) < 4.78 is 12.4. The molecule has 0 spiro atoms. The van der Waals surface area contributed by atoms with Crippen molar-refractivity contribution in [3.63, 3.8) is 0 Å². The molecule has 2 aromatic heterocycles. The first-order valence-corrected chi connectivity index (χ1v) is 15.1.